The van der Waals surface area contributed by atoms with E-state index in [4.69, 9.17) is 4.74 Å². The second kappa shape index (κ2) is 4.03. The summed E-state index contributed by atoms with van der Waals surface area (Å²) in [5.41, 5.74) is 0. The van der Waals surface area contributed by atoms with Gasteiger partial charge in [-0.25, -0.2) is 8.42 Å². The fourth-order valence-electron chi connectivity index (χ4n) is 2.73. The van der Waals surface area contributed by atoms with Gasteiger partial charge in [0, 0.05) is 0 Å². The van der Waals surface area contributed by atoms with Crippen LogP contribution in [-0.2, 0) is 14.6 Å². The molecule has 0 saturated carbocycles. The summed E-state index contributed by atoms with van der Waals surface area (Å²) < 4.78 is 30.1. The van der Waals surface area contributed by atoms with Crippen molar-refractivity contribution in [1.29, 1.82) is 0 Å². The van der Waals surface area contributed by atoms with E-state index in [9.17, 15) is 18.6 Å². The van der Waals surface area contributed by atoms with Crippen LogP contribution in [0, 0.1) is 0 Å². The molecule has 0 aliphatic carbocycles. The molecule has 2 aliphatic heterocycles. The van der Waals surface area contributed by atoms with Gasteiger partial charge in [0.15, 0.2) is 9.84 Å². The average Bonchev–Trinajstić information content (AvgIpc) is 2.92. The fraction of sp³-hybridized carbons (Fsp3) is 0.500. The Morgan fingerprint density at radius 3 is 2.33 bits per heavy atom. The Morgan fingerprint density at radius 1 is 1.11 bits per heavy atom. The first-order valence-electron chi connectivity index (χ1n) is 5.82. The van der Waals surface area contributed by atoms with Gasteiger partial charge in [0.25, 0.3) is 0 Å². The Labute approximate surface area is 105 Å². The van der Waals surface area contributed by atoms with Crippen LogP contribution in [0.1, 0.15) is 6.42 Å². The molecule has 2 bridgehead atoms. The molecule has 2 N–H and O–H groups in total. The molecule has 0 amide bonds. The highest BCUT2D eigenvalue weighted by Crippen LogP contribution is 2.40. The van der Waals surface area contributed by atoms with Gasteiger partial charge in [0.05, 0.1) is 16.2 Å². The zero-order chi connectivity index (χ0) is 12.9. The van der Waals surface area contributed by atoms with Crippen molar-refractivity contribution in [3.8, 4) is 0 Å². The molecular formula is C12H14O5S. The summed E-state index contributed by atoms with van der Waals surface area (Å²) in [4.78, 5) is 0.229. The molecule has 0 radical (unpaired) electrons. The van der Waals surface area contributed by atoms with Crippen LogP contribution in [0.5, 0.6) is 0 Å². The van der Waals surface area contributed by atoms with Crippen molar-refractivity contribution in [2.45, 2.75) is 41.0 Å². The number of hydrogen-bond acceptors (Lipinski definition) is 5. The van der Waals surface area contributed by atoms with E-state index in [0.717, 1.165) is 0 Å². The van der Waals surface area contributed by atoms with Crippen molar-refractivity contribution < 1.29 is 23.4 Å². The molecule has 5 nitrogen and oxygen atoms in total. The minimum absolute atomic E-state index is 0.229. The Morgan fingerprint density at radius 2 is 1.78 bits per heavy atom. The highest BCUT2D eigenvalue weighted by Gasteiger charge is 2.57. The summed E-state index contributed by atoms with van der Waals surface area (Å²) in [5, 5.41) is 18.5. The molecule has 6 heteroatoms. The van der Waals surface area contributed by atoms with Crippen molar-refractivity contribution in [2.75, 3.05) is 0 Å². The molecule has 3 rings (SSSR count). The number of hydrogen-bond donors (Lipinski definition) is 2. The van der Waals surface area contributed by atoms with E-state index in [1.54, 1.807) is 18.2 Å². The Hall–Kier alpha value is -0.950. The molecule has 1 aromatic rings. The molecule has 0 aromatic heterocycles. The summed E-state index contributed by atoms with van der Waals surface area (Å²) in [5.74, 6) is 0. The van der Waals surface area contributed by atoms with Crippen LogP contribution in [0.2, 0.25) is 0 Å². The van der Waals surface area contributed by atoms with Crippen LogP contribution in [0.15, 0.2) is 35.2 Å². The van der Waals surface area contributed by atoms with Gasteiger partial charge in [-0.05, 0) is 18.6 Å². The lowest BCUT2D eigenvalue weighted by atomic mass is 9.94. The average molecular weight is 270 g/mol. The molecule has 5 atom stereocenters. The molecule has 1 unspecified atom stereocenters. The van der Waals surface area contributed by atoms with Gasteiger partial charge in [-0.3, -0.25) is 0 Å². The van der Waals surface area contributed by atoms with E-state index >= 15 is 0 Å². The molecule has 98 valence electrons. The number of rotatable bonds is 2. The predicted molar refractivity (Wildman–Crippen MR) is 62.7 cm³/mol. The second-order valence-corrected chi connectivity index (χ2v) is 6.92. The quantitative estimate of drug-likeness (QED) is 0.772. The third kappa shape index (κ3) is 1.60. The Kier molecular flexibility index (Phi) is 2.71. The van der Waals surface area contributed by atoms with Crippen molar-refractivity contribution in [1.82, 2.24) is 0 Å². The van der Waals surface area contributed by atoms with Crippen LogP contribution >= 0.6 is 0 Å². The molecule has 0 spiro atoms. The molecule has 2 aliphatic rings. The minimum atomic E-state index is -3.52. The number of ether oxygens (including phenoxy) is 1. The Balaban J connectivity index is 1.94. The molecule has 18 heavy (non-hydrogen) atoms. The first-order chi connectivity index (χ1) is 8.51. The van der Waals surface area contributed by atoms with E-state index in [2.05, 4.69) is 0 Å². The van der Waals surface area contributed by atoms with Gasteiger partial charge < -0.3 is 14.9 Å². The van der Waals surface area contributed by atoms with E-state index in [1.807, 2.05) is 0 Å². The number of benzene rings is 1. The molecule has 2 fully saturated rings. The molecular weight excluding hydrogens is 256 g/mol. The SMILES string of the molecule is O=S(=O)(c1ccccc1)C1C[C@@H]2O[C@H]1[C@@H](O)[C@H]2O. The summed E-state index contributed by atoms with van der Waals surface area (Å²) in [6.07, 6.45) is -3.26. The standard InChI is InChI=1S/C12H14O5S/c13-10-8-6-9(12(17-8)11(10)14)18(15,16)7-4-2-1-3-5-7/h1-5,8-14H,6H2/t8-,9?,10-,11-,12+/m0/s1. The Bertz CT molecular complexity index is 539. The molecule has 1 aromatic carbocycles. The zero-order valence-electron chi connectivity index (χ0n) is 9.51. The lowest BCUT2D eigenvalue weighted by molar-refractivity contribution is 0.0132. The van der Waals surface area contributed by atoms with Crippen LogP contribution < -0.4 is 0 Å². The van der Waals surface area contributed by atoms with Crippen LogP contribution in [0.25, 0.3) is 0 Å². The van der Waals surface area contributed by atoms with E-state index in [1.165, 1.54) is 12.1 Å². The van der Waals surface area contributed by atoms with Gasteiger partial charge in [-0.15, -0.1) is 0 Å². The minimum Gasteiger partial charge on any atom is -0.388 e. The number of fused-ring (bicyclic) bond motifs is 2. The van der Waals surface area contributed by atoms with E-state index in [0.29, 0.717) is 0 Å². The number of sulfone groups is 1. The smallest absolute Gasteiger partial charge is 0.183 e. The van der Waals surface area contributed by atoms with Gasteiger partial charge >= 0.3 is 0 Å². The summed E-state index contributed by atoms with van der Waals surface area (Å²) in [6.45, 7) is 0. The highest BCUT2D eigenvalue weighted by molar-refractivity contribution is 7.92. The van der Waals surface area contributed by atoms with Crippen molar-refractivity contribution in [3.63, 3.8) is 0 Å². The maximum absolute atomic E-state index is 12.4. The maximum atomic E-state index is 12.4. The fourth-order valence-corrected chi connectivity index (χ4v) is 4.64. The van der Waals surface area contributed by atoms with Crippen molar-refractivity contribution >= 4 is 9.84 Å². The second-order valence-electron chi connectivity index (χ2n) is 4.75. The van der Waals surface area contributed by atoms with E-state index in [-0.39, 0.29) is 11.3 Å². The van der Waals surface area contributed by atoms with Crippen molar-refractivity contribution in [3.05, 3.63) is 30.3 Å². The van der Waals surface area contributed by atoms with Gasteiger partial charge in [-0.2, -0.15) is 0 Å². The maximum Gasteiger partial charge on any atom is 0.183 e. The first kappa shape index (κ1) is 12.1. The number of aliphatic hydroxyl groups excluding tert-OH is 2. The molecule has 2 saturated heterocycles. The lowest BCUT2D eigenvalue weighted by Gasteiger charge is -2.26. The largest absolute Gasteiger partial charge is 0.388 e. The number of aliphatic hydroxyl groups is 2. The summed E-state index contributed by atoms with van der Waals surface area (Å²) in [7, 11) is -3.52. The van der Waals surface area contributed by atoms with Gasteiger partial charge in [0.1, 0.15) is 18.3 Å². The lowest BCUT2D eigenvalue weighted by Crippen LogP contribution is -2.46. The normalized spacial score (nSPS) is 39.1. The first-order valence-corrected chi connectivity index (χ1v) is 7.37. The van der Waals surface area contributed by atoms with Crippen molar-refractivity contribution in [2.24, 2.45) is 0 Å². The summed E-state index contributed by atoms with van der Waals surface area (Å²) in [6, 6.07) is 8.13. The van der Waals surface area contributed by atoms with Crippen LogP contribution in [0.3, 0.4) is 0 Å². The summed E-state index contributed by atoms with van der Waals surface area (Å²) >= 11 is 0. The highest BCUT2D eigenvalue weighted by atomic mass is 32.2. The zero-order valence-corrected chi connectivity index (χ0v) is 10.3. The van der Waals surface area contributed by atoms with Gasteiger partial charge in [-0.1, -0.05) is 18.2 Å². The van der Waals surface area contributed by atoms with Crippen LogP contribution in [0.4, 0.5) is 0 Å². The predicted octanol–water partition coefficient (Wildman–Crippen LogP) is -0.278. The third-order valence-corrected chi connectivity index (χ3v) is 5.89. The third-order valence-electron chi connectivity index (χ3n) is 3.70. The molecule has 2 heterocycles. The van der Waals surface area contributed by atoms with Crippen LogP contribution in [-0.4, -0.2) is 48.3 Å². The topological polar surface area (TPSA) is 83.8 Å². The van der Waals surface area contributed by atoms with E-state index < -0.39 is 39.5 Å². The monoisotopic (exact) mass is 270 g/mol. The van der Waals surface area contributed by atoms with Gasteiger partial charge in [0.2, 0.25) is 0 Å².